The van der Waals surface area contributed by atoms with Crippen LogP contribution in [0.4, 0.5) is 0 Å². The van der Waals surface area contributed by atoms with Crippen molar-refractivity contribution < 1.29 is 9.90 Å². The van der Waals surface area contributed by atoms with Crippen LogP contribution in [0.25, 0.3) is 0 Å². The number of rotatable bonds is 8. The smallest absolute Gasteiger partial charge is 0.224 e. The molecule has 1 heterocycles. The van der Waals surface area contributed by atoms with Crippen molar-refractivity contribution in [3.8, 4) is 0 Å². The van der Waals surface area contributed by atoms with Gasteiger partial charge in [0, 0.05) is 25.6 Å². The molecule has 4 nitrogen and oxygen atoms in total. The Balaban J connectivity index is 2.42. The largest absolute Gasteiger partial charge is 0.395 e. The number of aliphatic hydroxyl groups excluding tert-OH is 1. The Morgan fingerprint density at radius 3 is 2.39 bits per heavy atom. The summed E-state index contributed by atoms with van der Waals surface area (Å²) in [5.74, 6) is 0.199. The maximum atomic E-state index is 12.2. The number of carbonyl (C=O) groups excluding carboxylic acids is 1. The summed E-state index contributed by atoms with van der Waals surface area (Å²) in [6.45, 7) is 7.90. The van der Waals surface area contributed by atoms with E-state index in [1.807, 2.05) is 4.90 Å². The minimum absolute atomic E-state index is 0.0615. The first-order valence-corrected chi connectivity index (χ1v) is 7.35. The van der Waals surface area contributed by atoms with Gasteiger partial charge in [-0.05, 0) is 38.8 Å². The molecule has 0 aromatic carbocycles. The molecule has 0 radical (unpaired) electrons. The highest BCUT2D eigenvalue weighted by atomic mass is 16.3. The van der Waals surface area contributed by atoms with Crippen molar-refractivity contribution in [2.45, 2.75) is 52.0 Å². The Bertz CT molecular complexity index is 236. The fourth-order valence-corrected chi connectivity index (χ4v) is 2.75. The Kier molecular flexibility index (Phi) is 7.28. The first-order chi connectivity index (χ1) is 8.72. The van der Waals surface area contributed by atoms with E-state index >= 15 is 0 Å². The van der Waals surface area contributed by atoms with Crippen LogP contribution in [0.2, 0.25) is 0 Å². The third-order valence-corrected chi connectivity index (χ3v) is 3.89. The molecule has 4 heteroatoms. The lowest BCUT2D eigenvalue weighted by atomic mass is 10.1. The number of carbonyl (C=O) groups is 1. The molecule has 0 atom stereocenters. The Morgan fingerprint density at radius 2 is 1.89 bits per heavy atom. The lowest BCUT2D eigenvalue weighted by molar-refractivity contribution is -0.134. The van der Waals surface area contributed by atoms with Crippen molar-refractivity contribution in [2.24, 2.45) is 0 Å². The Morgan fingerprint density at radius 1 is 1.28 bits per heavy atom. The number of amides is 1. The molecule has 1 rings (SSSR count). The third kappa shape index (κ3) is 4.58. The second-order valence-electron chi connectivity index (χ2n) is 5.08. The summed E-state index contributed by atoms with van der Waals surface area (Å²) in [6, 6.07) is 0.281. The lowest BCUT2D eigenvalue weighted by Gasteiger charge is -2.30. The van der Waals surface area contributed by atoms with Crippen LogP contribution in [-0.2, 0) is 4.79 Å². The summed E-state index contributed by atoms with van der Waals surface area (Å²) >= 11 is 0. The highest BCUT2D eigenvalue weighted by molar-refractivity contribution is 5.76. The van der Waals surface area contributed by atoms with E-state index in [9.17, 15) is 4.79 Å². The van der Waals surface area contributed by atoms with Gasteiger partial charge in [0.2, 0.25) is 5.91 Å². The Hall–Kier alpha value is -0.610. The molecule has 106 valence electrons. The third-order valence-electron chi connectivity index (χ3n) is 3.89. The van der Waals surface area contributed by atoms with Crippen LogP contribution in [0.1, 0.15) is 46.0 Å². The number of hydrogen-bond donors (Lipinski definition) is 1. The highest BCUT2D eigenvalue weighted by Gasteiger charge is 2.21. The molecular formula is C14H28N2O2. The first kappa shape index (κ1) is 15.4. The average Bonchev–Trinajstić information content (AvgIpc) is 2.89. The van der Waals surface area contributed by atoms with Gasteiger partial charge < -0.3 is 14.9 Å². The minimum Gasteiger partial charge on any atom is -0.395 e. The molecule has 0 aromatic rings. The van der Waals surface area contributed by atoms with Crippen molar-refractivity contribution in [1.29, 1.82) is 0 Å². The predicted octanol–water partition coefficient (Wildman–Crippen LogP) is 1.48. The van der Waals surface area contributed by atoms with E-state index in [1.165, 1.54) is 12.8 Å². The molecule has 18 heavy (non-hydrogen) atoms. The van der Waals surface area contributed by atoms with Gasteiger partial charge in [-0.1, -0.05) is 13.8 Å². The fourth-order valence-electron chi connectivity index (χ4n) is 2.75. The van der Waals surface area contributed by atoms with Gasteiger partial charge in [0.05, 0.1) is 6.61 Å². The van der Waals surface area contributed by atoms with Crippen LogP contribution in [0.15, 0.2) is 0 Å². The van der Waals surface area contributed by atoms with Crippen LogP contribution < -0.4 is 0 Å². The molecule has 0 spiro atoms. The van der Waals surface area contributed by atoms with Crippen LogP contribution in [0, 0.1) is 0 Å². The molecule has 0 aromatic heterocycles. The number of aliphatic hydroxyl groups is 1. The average molecular weight is 256 g/mol. The summed E-state index contributed by atoms with van der Waals surface area (Å²) in [7, 11) is 0. The number of hydrogen-bond acceptors (Lipinski definition) is 3. The summed E-state index contributed by atoms with van der Waals surface area (Å²) in [4.78, 5) is 16.5. The molecule has 0 aliphatic carbocycles. The molecule has 1 amide bonds. The van der Waals surface area contributed by atoms with Crippen molar-refractivity contribution in [3.63, 3.8) is 0 Å². The minimum atomic E-state index is 0.0615. The van der Waals surface area contributed by atoms with Gasteiger partial charge in [-0.15, -0.1) is 0 Å². The van der Waals surface area contributed by atoms with Gasteiger partial charge in [-0.2, -0.15) is 0 Å². The van der Waals surface area contributed by atoms with E-state index < -0.39 is 0 Å². The monoisotopic (exact) mass is 256 g/mol. The topological polar surface area (TPSA) is 43.8 Å². The SMILES string of the molecule is CCC(CC)N(CCO)C(=O)CCN1CCCC1. The van der Waals surface area contributed by atoms with Crippen molar-refractivity contribution in [3.05, 3.63) is 0 Å². The molecule has 1 saturated heterocycles. The first-order valence-electron chi connectivity index (χ1n) is 7.35. The fraction of sp³-hybridized carbons (Fsp3) is 0.929. The molecular weight excluding hydrogens is 228 g/mol. The van der Waals surface area contributed by atoms with Gasteiger partial charge in [0.1, 0.15) is 0 Å². The van der Waals surface area contributed by atoms with E-state index in [1.54, 1.807) is 0 Å². The Labute approximate surface area is 111 Å². The van der Waals surface area contributed by atoms with Gasteiger partial charge in [-0.3, -0.25) is 4.79 Å². The second kappa shape index (κ2) is 8.48. The molecule has 0 bridgehead atoms. The molecule has 0 unspecified atom stereocenters. The summed E-state index contributed by atoms with van der Waals surface area (Å²) < 4.78 is 0. The van der Waals surface area contributed by atoms with E-state index in [-0.39, 0.29) is 18.6 Å². The van der Waals surface area contributed by atoms with Gasteiger partial charge >= 0.3 is 0 Å². The van der Waals surface area contributed by atoms with Gasteiger partial charge in [0.15, 0.2) is 0 Å². The molecule has 0 saturated carbocycles. The zero-order chi connectivity index (χ0) is 13.4. The highest BCUT2D eigenvalue weighted by Crippen LogP contribution is 2.12. The van der Waals surface area contributed by atoms with Gasteiger partial charge in [-0.25, -0.2) is 0 Å². The standard InChI is InChI=1S/C14H28N2O2/c1-3-13(4-2)16(11-12-17)14(18)7-10-15-8-5-6-9-15/h13,17H,3-12H2,1-2H3. The van der Waals surface area contributed by atoms with E-state index in [0.717, 1.165) is 32.5 Å². The van der Waals surface area contributed by atoms with Crippen molar-refractivity contribution in [2.75, 3.05) is 32.8 Å². The number of likely N-dealkylation sites (tertiary alicyclic amines) is 1. The van der Waals surface area contributed by atoms with Crippen LogP contribution >= 0.6 is 0 Å². The zero-order valence-electron chi connectivity index (χ0n) is 11.9. The maximum Gasteiger partial charge on any atom is 0.224 e. The van der Waals surface area contributed by atoms with Crippen molar-refractivity contribution >= 4 is 5.91 Å². The predicted molar refractivity (Wildman–Crippen MR) is 73.5 cm³/mol. The molecule has 1 aliphatic rings. The van der Waals surface area contributed by atoms with Gasteiger partial charge in [0.25, 0.3) is 0 Å². The molecule has 1 fully saturated rings. The summed E-state index contributed by atoms with van der Waals surface area (Å²) in [6.07, 6.45) is 5.05. The van der Waals surface area contributed by atoms with E-state index in [4.69, 9.17) is 5.11 Å². The van der Waals surface area contributed by atoms with Crippen LogP contribution in [0.3, 0.4) is 0 Å². The summed E-state index contributed by atoms with van der Waals surface area (Å²) in [5, 5.41) is 9.10. The number of nitrogens with zero attached hydrogens (tertiary/aromatic N) is 2. The maximum absolute atomic E-state index is 12.2. The quantitative estimate of drug-likeness (QED) is 0.715. The lowest BCUT2D eigenvalue weighted by Crippen LogP contribution is -2.42. The molecule has 1 N–H and O–H groups in total. The van der Waals surface area contributed by atoms with Crippen LogP contribution in [-0.4, -0.2) is 59.6 Å². The van der Waals surface area contributed by atoms with E-state index in [0.29, 0.717) is 13.0 Å². The molecule has 1 aliphatic heterocycles. The van der Waals surface area contributed by atoms with Crippen LogP contribution in [0.5, 0.6) is 0 Å². The van der Waals surface area contributed by atoms with E-state index in [2.05, 4.69) is 18.7 Å². The normalized spacial score (nSPS) is 16.4. The second-order valence-corrected chi connectivity index (χ2v) is 5.08. The van der Waals surface area contributed by atoms with Crippen molar-refractivity contribution in [1.82, 2.24) is 9.80 Å². The zero-order valence-corrected chi connectivity index (χ0v) is 11.9. The summed E-state index contributed by atoms with van der Waals surface area (Å²) in [5.41, 5.74) is 0.